The number of amides is 1. The van der Waals surface area contributed by atoms with Crippen molar-refractivity contribution in [2.24, 2.45) is 0 Å². The van der Waals surface area contributed by atoms with Gasteiger partial charge in [-0.2, -0.15) is 4.31 Å². The van der Waals surface area contributed by atoms with Gasteiger partial charge in [0, 0.05) is 37.4 Å². The summed E-state index contributed by atoms with van der Waals surface area (Å²) in [4.78, 5) is 14.2. The zero-order valence-electron chi connectivity index (χ0n) is 18.9. The topological polar surface area (TPSA) is 69.7 Å². The van der Waals surface area contributed by atoms with Crippen LogP contribution in [0.3, 0.4) is 0 Å². The molecule has 1 aliphatic heterocycles. The van der Waals surface area contributed by atoms with Crippen molar-refractivity contribution in [2.45, 2.75) is 18.7 Å². The molecule has 0 bridgehead atoms. The molecular formula is C25H25F2N3O3S. The highest BCUT2D eigenvalue weighted by Gasteiger charge is 2.29. The highest BCUT2D eigenvalue weighted by Crippen LogP contribution is 2.27. The number of hydrogen-bond donors (Lipinski definition) is 1. The van der Waals surface area contributed by atoms with Gasteiger partial charge in [0.2, 0.25) is 10.0 Å². The van der Waals surface area contributed by atoms with E-state index in [2.05, 4.69) is 10.2 Å². The molecule has 1 heterocycles. The fraction of sp³-hybridized carbons (Fsp3) is 0.240. The molecular weight excluding hydrogens is 460 g/mol. The monoisotopic (exact) mass is 485 g/mol. The molecule has 0 unspecified atom stereocenters. The molecule has 0 aromatic heterocycles. The van der Waals surface area contributed by atoms with Crippen molar-refractivity contribution in [1.82, 2.24) is 4.31 Å². The predicted octanol–water partition coefficient (Wildman–Crippen LogP) is 4.34. The molecule has 0 aliphatic carbocycles. The molecule has 178 valence electrons. The Morgan fingerprint density at radius 2 is 1.59 bits per heavy atom. The first-order valence-electron chi connectivity index (χ1n) is 10.8. The fourth-order valence-electron chi connectivity index (χ4n) is 3.95. The summed E-state index contributed by atoms with van der Waals surface area (Å²) < 4.78 is 55.3. The van der Waals surface area contributed by atoms with Crippen LogP contribution in [0.4, 0.5) is 20.2 Å². The maximum absolute atomic E-state index is 14.7. The molecule has 1 N–H and O–H groups in total. The summed E-state index contributed by atoms with van der Waals surface area (Å²) in [6.07, 6.45) is 0. The molecule has 0 saturated carbocycles. The number of carbonyl (C=O) groups is 1. The van der Waals surface area contributed by atoms with Gasteiger partial charge in [-0.05, 0) is 73.5 Å². The van der Waals surface area contributed by atoms with E-state index in [1.165, 1.54) is 39.7 Å². The second kappa shape index (κ2) is 9.52. The highest BCUT2D eigenvalue weighted by atomic mass is 32.2. The Morgan fingerprint density at radius 1 is 0.912 bits per heavy atom. The Labute approximate surface area is 197 Å². The summed E-state index contributed by atoms with van der Waals surface area (Å²) in [6.45, 7) is 5.70. The van der Waals surface area contributed by atoms with Gasteiger partial charge in [-0.1, -0.05) is 12.1 Å². The normalized spacial score (nSPS) is 14.8. The van der Waals surface area contributed by atoms with Crippen LogP contribution in [0.15, 0.2) is 65.6 Å². The van der Waals surface area contributed by atoms with Gasteiger partial charge in [-0.3, -0.25) is 4.79 Å². The summed E-state index contributed by atoms with van der Waals surface area (Å²) in [5.74, 6) is -1.99. The Hall–Kier alpha value is -3.30. The number of carbonyl (C=O) groups excluding carboxylic acids is 1. The van der Waals surface area contributed by atoms with Crippen LogP contribution in [0.1, 0.15) is 21.5 Å². The summed E-state index contributed by atoms with van der Waals surface area (Å²) in [5, 5.41) is 2.39. The minimum atomic E-state index is -3.90. The zero-order valence-corrected chi connectivity index (χ0v) is 19.7. The summed E-state index contributed by atoms with van der Waals surface area (Å²) in [5.41, 5.74) is 3.42. The molecule has 0 atom stereocenters. The molecule has 6 nitrogen and oxygen atoms in total. The average Bonchev–Trinajstić information content (AvgIpc) is 2.82. The average molecular weight is 486 g/mol. The number of halogens is 2. The minimum absolute atomic E-state index is 0.152. The van der Waals surface area contributed by atoms with Crippen LogP contribution in [0, 0.1) is 25.5 Å². The standard InChI is InChI=1S/C25H25F2N3O3S/c1-17-4-3-5-24(18(17)2)29-12-14-30(15-13-29)34(32,33)21-10-11-23(22(27)16-21)28-25(31)19-6-8-20(26)9-7-19/h3-11,16H,12-15H2,1-2H3,(H,28,31). The lowest BCUT2D eigenvalue weighted by molar-refractivity contribution is 0.102. The number of piperazine rings is 1. The number of hydrogen-bond acceptors (Lipinski definition) is 4. The number of rotatable bonds is 5. The van der Waals surface area contributed by atoms with Crippen LogP contribution < -0.4 is 10.2 Å². The number of nitrogens with zero attached hydrogens (tertiary/aromatic N) is 2. The predicted molar refractivity (Wildman–Crippen MR) is 128 cm³/mol. The van der Waals surface area contributed by atoms with Crippen LogP contribution in [0.25, 0.3) is 0 Å². The van der Waals surface area contributed by atoms with Crippen LogP contribution in [-0.2, 0) is 10.0 Å². The molecule has 4 rings (SSSR count). The lowest BCUT2D eigenvalue weighted by Crippen LogP contribution is -2.48. The van der Waals surface area contributed by atoms with Crippen LogP contribution in [0.2, 0.25) is 0 Å². The molecule has 1 aliphatic rings. The molecule has 3 aromatic carbocycles. The van der Waals surface area contributed by atoms with E-state index in [1.807, 2.05) is 32.0 Å². The van der Waals surface area contributed by atoms with Crippen molar-refractivity contribution in [2.75, 3.05) is 36.4 Å². The second-order valence-corrected chi connectivity index (χ2v) is 10.2. The van der Waals surface area contributed by atoms with Crippen LogP contribution in [-0.4, -0.2) is 44.8 Å². The fourth-order valence-corrected chi connectivity index (χ4v) is 5.38. The Bertz CT molecular complexity index is 1320. The maximum Gasteiger partial charge on any atom is 0.255 e. The van der Waals surface area contributed by atoms with Crippen LogP contribution >= 0.6 is 0 Å². The van der Waals surface area contributed by atoms with Gasteiger partial charge in [0.15, 0.2) is 0 Å². The van der Waals surface area contributed by atoms with Gasteiger partial charge < -0.3 is 10.2 Å². The van der Waals surface area contributed by atoms with E-state index >= 15 is 0 Å². The number of aryl methyl sites for hydroxylation is 1. The van der Waals surface area contributed by atoms with Crippen molar-refractivity contribution in [3.8, 4) is 0 Å². The van der Waals surface area contributed by atoms with E-state index in [-0.39, 0.29) is 29.2 Å². The first-order valence-corrected chi connectivity index (χ1v) is 12.3. The first kappa shape index (κ1) is 23.8. The zero-order chi connectivity index (χ0) is 24.5. The minimum Gasteiger partial charge on any atom is -0.369 e. The second-order valence-electron chi connectivity index (χ2n) is 8.21. The van der Waals surface area contributed by atoms with Crippen molar-refractivity contribution in [3.63, 3.8) is 0 Å². The van der Waals surface area contributed by atoms with E-state index in [1.54, 1.807) is 0 Å². The lowest BCUT2D eigenvalue weighted by atomic mass is 10.1. The van der Waals surface area contributed by atoms with Crippen molar-refractivity contribution < 1.29 is 22.0 Å². The summed E-state index contributed by atoms with van der Waals surface area (Å²) >= 11 is 0. The molecule has 0 radical (unpaired) electrons. The Balaban J connectivity index is 1.45. The highest BCUT2D eigenvalue weighted by molar-refractivity contribution is 7.89. The third-order valence-electron chi connectivity index (χ3n) is 6.09. The van der Waals surface area contributed by atoms with E-state index in [9.17, 15) is 22.0 Å². The number of benzene rings is 3. The first-order chi connectivity index (χ1) is 16.2. The molecule has 1 amide bonds. The molecule has 1 saturated heterocycles. The smallest absolute Gasteiger partial charge is 0.255 e. The SMILES string of the molecule is Cc1cccc(N2CCN(S(=O)(=O)c3ccc(NC(=O)c4ccc(F)cc4)c(F)c3)CC2)c1C. The van der Waals surface area contributed by atoms with Gasteiger partial charge in [-0.15, -0.1) is 0 Å². The van der Waals surface area contributed by atoms with E-state index < -0.39 is 27.6 Å². The largest absolute Gasteiger partial charge is 0.369 e. The van der Waals surface area contributed by atoms with E-state index in [0.717, 1.165) is 23.9 Å². The Kier molecular flexibility index (Phi) is 6.67. The Morgan fingerprint density at radius 3 is 2.24 bits per heavy atom. The van der Waals surface area contributed by atoms with Crippen molar-refractivity contribution in [3.05, 3.63) is 89.0 Å². The third-order valence-corrected chi connectivity index (χ3v) is 7.98. The van der Waals surface area contributed by atoms with E-state index in [0.29, 0.717) is 13.1 Å². The lowest BCUT2D eigenvalue weighted by Gasteiger charge is -2.36. The van der Waals surface area contributed by atoms with Gasteiger partial charge in [0.05, 0.1) is 10.6 Å². The van der Waals surface area contributed by atoms with Gasteiger partial charge in [-0.25, -0.2) is 17.2 Å². The van der Waals surface area contributed by atoms with Crippen LogP contribution in [0.5, 0.6) is 0 Å². The summed E-state index contributed by atoms with van der Waals surface area (Å²) in [6, 6.07) is 14.3. The third kappa shape index (κ3) is 4.80. The molecule has 0 spiro atoms. The quantitative estimate of drug-likeness (QED) is 0.584. The van der Waals surface area contributed by atoms with E-state index in [4.69, 9.17) is 0 Å². The number of nitrogens with one attached hydrogen (secondary N) is 1. The number of anilines is 2. The molecule has 34 heavy (non-hydrogen) atoms. The molecule has 9 heteroatoms. The van der Waals surface area contributed by atoms with Gasteiger partial charge >= 0.3 is 0 Å². The number of sulfonamides is 1. The van der Waals surface area contributed by atoms with Crippen molar-refractivity contribution in [1.29, 1.82) is 0 Å². The van der Waals surface area contributed by atoms with Crippen molar-refractivity contribution >= 4 is 27.3 Å². The maximum atomic E-state index is 14.7. The molecule has 3 aromatic rings. The summed E-state index contributed by atoms with van der Waals surface area (Å²) in [7, 11) is -3.90. The molecule has 1 fully saturated rings. The van der Waals surface area contributed by atoms with Gasteiger partial charge in [0.1, 0.15) is 11.6 Å². The van der Waals surface area contributed by atoms with Gasteiger partial charge in [0.25, 0.3) is 5.91 Å².